The SMILES string of the molecule is CC(C)(C)CC(CC(C)(C)C)OC(N)=O. The van der Waals surface area contributed by atoms with E-state index in [0.717, 1.165) is 12.8 Å². The second kappa shape index (κ2) is 4.86. The zero-order chi connectivity index (χ0) is 12.3. The highest BCUT2D eigenvalue weighted by molar-refractivity contribution is 5.64. The first kappa shape index (κ1) is 14.3. The van der Waals surface area contributed by atoms with Crippen molar-refractivity contribution in [3.63, 3.8) is 0 Å². The van der Waals surface area contributed by atoms with Crippen molar-refractivity contribution in [3.8, 4) is 0 Å². The van der Waals surface area contributed by atoms with Gasteiger partial charge >= 0.3 is 6.09 Å². The zero-order valence-corrected chi connectivity index (χ0v) is 10.9. The maximum atomic E-state index is 10.8. The van der Waals surface area contributed by atoms with Crippen molar-refractivity contribution >= 4 is 6.09 Å². The maximum Gasteiger partial charge on any atom is 0.404 e. The first-order chi connectivity index (χ1) is 6.49. The van der Waals surface area contributed by atoms with E-state index in [-0.39, 0.29) is 16.9 Å². The molecule has 15 heavy (non-hydrogen) atoms. The van der Waals surface area contributed by atoms with E-state index in [1.54, 1.807) is 0 Å². The predicted molar refractivity (Wildman–Crippen MR) is 62.6 cm³/mol. The third-order valence-corrected chi connectivity index (χ3v) is 1.96. The number of hydrogen-bond donors (Lipinski definition) is 1. The molecular weight excluding hydrogens is 190 g/mol. The van der Waals surface area contributed by atoms with E-state index in [4.69, 9.17) is 10.5 Å². The van der Waals surface area contributed by atoms with Gasteiger partial charge in [-0.25, -0.2) is 4.79 Å². The fourth-order valence-corrected chi connectivity index (χ4v) is 1.69. The van der Waals surface area contributed by atoms with Crippen LogP contribution in [0.25, 0.3) is 0 Å². The van der Waals surface area contributed by atoms with E-state index < -0.39 is 6.09 Å². The Morgan fingerprint density at radius 1 is 1.07 bits per heavy atom. The third-order valence-electron chi connectivity index (χ3n) is 1.96. The topological polar surface area (TPSA) is 52.3 Å². The Hall–Kier alpha value is -0.730. The van der Waals surface area contributed by atoms with Crippen molar-refractivity contribution in [2.45, 2.75) is 60.5 Å². The van der Waals surface area contributed by atoms with Crippen molar-refractivity contribution in [3.05, 3.63) is 0 Å². The predicted octanol–water partition coefficient (Wildman–Crippen LogP) is 3.32. The number of ether oxygens (including phenoxy) is 1. The highest BCUT2D eigenvalue weighted by Crippen LogP contribution is 2.30. The standard InChI is InChI=1S/C12H25NO2/c1-11(2,3)7-9(15-10(13)14)8-12(4,5)6/h9H,7-8H2,1-6H3,(H2,13,14). The Labute approximate surface area is 93.4 Å². The van der Waals surface area contributed by atoms with Gasteiger partial charge in [-0.1, -0.05) is 41.5 Å². The Morgan fingerprint density at radius 3 is 1.60 bits per heavy atom. The lowest BCUT2D eigenvalue weighted by Crippen LogP contribution is -2.30. The average Bonchev–Trinajstić information content (AvgIpc) is 1.73. The van der Waals surface area contributed by atoms with Crippen LogP contribution >= 0.6 is 0 Å². The largest absolute Gasteiger partial charge is 0.446 e. The molecule has 0 aromatic heterocycles. The van der Waals surface area contributed by atoms with Crippen molar-refractivity contribution in [1.29, 1.82) is 0 Å². The fraction of sp³-hybridized carbons (Fsp3) is 0.917. The lowest BCUT2D eigenvalue weighted by molar-refractivity contribution is 0.0529. The van der Waals surface area contributed by atoms with Crippen LogP contribution in [-0.4, -0.2) is 12.2 Å². The molecule has 0 rings (SSSR count). The molecule has 0 saturated heterocycles. The summed E-state index contributed by atoms with van der Waals surface area (Å²) >= 11 is 0. The van der Waals surface area contributed by atoms with Crippen molar-refractivity contribution < 1.29 is 9.53 Å². The Morgan fingerprint density at radius 2 is 1.40 bits per heavy atom. The smallest absolute Gasteiger partial charge is 0.404 e. The van der Waals surface area contributed by atoms with Crippen molar-refractivity contribution in [2.24, 2.45) is 16.6 Å². The molecule has 0 atom stereocenters. The summed E-state index contributed by atoms with van der Waals surface area (Å²) in [5, 5.41) is 0. The highest BCUT2D eigenvalue weighted by Gasteiger charge is 2.26. The minimum absolute atomic E-state index is 0.0810. The van der Waals surface area contributed by atoms with Crippen LogP contribution in [0, 0.1) is 10.8 Å². The lowest BCUT2D eigenvalue weighted by Gasteiger charge is -2.30. The maximum absolute atomic E-state index is 10.8. The second-order valence-electron chi connectivity index (χ2n) is 6.59. The quantitative estimate of drug-likeness (QED) is 0.785. The van der Waals surface area contributed by atoms with Gasteiger partial charge in [-0.2, -0.15) is 0 Å². The lowest BCUT2D eigenvalue weighted by atomic mass is 9.82. The number of nitrogens with two attached hydrogens (primary N) is 1. The summed E-state index contributed by atoms with van der Waals surface area (Å²) in [6.45, 7) is 12.8. The number of rotatable bonds is 3. The molecular formula is C12H25NO2. The van der Waals surface area contributed by atoms with Gasteiger partial charge in [0.05, 0.1) is 0 Å². The summed E-state index contributed by atoms with van der Waals surface area (Å²) in [7, 11) is 0. The van der Waals surface area contributed by atoms with Gasteiger partial charge in [0.15, 0.2) is 0 Å². The third kappa shape index (κ3) is 9.57. The Balaban J connectivity index is 4.39. The van der Waals surface area contributed by atoms with Crippen LogP contribution in [0.4, 0.5) is 4.79 Å². The van der Waals surface area contributed by atoms with Crippen LogP contribution in [0.3, 0.4) is 0 Å². The first-order valence-corrected chi connectivity index (χ1v) is 5.46. The molecule has 2 N–H and O–H groups in total. The minimum Gasteiger partial charge on any atom is -0.446 e. The molecule has 0 spiro atoms. The summed E-state index contributed by atoms with van der Waals surface area (Å²) in [5.41, 5.74) is 5.36. The molecule has 0 aliphatic carbocycles. The van der Waals surface area contributed by atoms with Crippen LogP contribution in [0.5, 0.6) is 0 Å². The summed E-state index contributed by atoms with van der Waals surface area (Å²) < 4.78 is 5.14. The molecule has 90 valence electrons. The summed E-state index contributed by atoms with van der Waals surface area (Å²) in [4.78, 5) is 10.8. The van der Waals surface area contributed by atoms with Crippen molar-refractivity contribution in [1.82, 2.24) is 0 Å². The van der Waals surface area contributed by atoms with Crippen LogP contribution in [0.1, 0.15) is 54.4 Å². The fourth-order valence-electron chi connectivity index (χ4n) is 1.69. The van der Waals surface area contributed by atoms with Gasteiger partial charge in [-0.05, 0) is 23.7 Å². The molecule has 0 fully saturated rings. The number of primary amides is 1. The molecule has 0 unspecified atom stereocenters. The van der Waals surface area contributed by atoms with Gasteiger partial charge in [0, 0.05) is 0 Å². The van der Waals surface area contributed by atoms with E-state index >= 15 is 0 Å². The second-order valence-corrected chi connectivity index (χ2v) is 6.59. The van der Waals surface area contributed by atoms with Crippen LogP contribution in [0.15, 0.2) is 0 Å². The molecule has 0 aromatic rings. The molecule has 0 aliphatic rings. The van der Waals surface area contributed by atoms with Gasteiger partial charge in [0.25, 0.3) is 0 Å². The molecule has 0 aromatic carbocycles. The zero-order valence-electron chi connectivity index (χ0n) is 10.9. The van der Waals surface area contributed by atoms with Crippen molar-refractivity contribution in [2.75, 3.05) is 0 Å². The molecule has 1 amide bonds. The van der Waals surface area contributed by atoms with Crippen LogP contribution in [-0.2, 0) is 4.74 Å². The summed E-state index contributed by atoms with van der Waals surface area (Å²) in [6.07, 6.45) is 0.927. The van der Waals surface area contributed by atoms with Crippen LogP contribution < -0.4 is 5.73 Å². The summed E-state index contributed by atoms with van der Waals surface area (Å²) in [5.74, 6) is 0. The van der Waals surface area contributed by atoms with Crippen LogP contribution in [0.2, 0.25) is 0 Å². The van der Waals surface area contributed by atoms with E-state index in [0.29, 0.717) is 0 Å². The molecule has 0 radical (unpaired) electrons. The first-order valence-electron chi connectivity index (χ1n) is 5.46. The molecule has 3 nitrogen and oxygen atoms in total. The Bertz CT molecular complexity index is 195. The molecule has 0 heterocycles. The van der Waals surface area contributed by atoms with Gasteiger partial charge in [0.1, 0.15) is 6.10 Å². The molecule has 0 aliphatic heterocycles. The number of amides is 1. The number of hydrogen-bond acceptors (Lipinski definition) is 2. The Kier molecular flexibility index (Phi) is 4.63. The van der Waals surface area contributed by atoms with E-state index in [1.165, 1.54) is 0 Å². The van der Waals surface area contributed by atoms with E-state index in [2.05, 4.69) is 41.5 Å². The molecule has 0 bridgehead atoms. The normalized spacial score (nSPS) is 13.0. The van der Waals surface area contributed by atoms with E-state index in [9.17, 15) is 4.79 Å². The number of carbonyl (C=O) groups excluding carboxylic acids is 1. The monoisotopic (exact) mass is 215 g/mol. The number of carbonyl (C=O) groups is 1. The minimum atomic E-state index is -0.673. The van der Waals surface area contributed by atoms with Gasteiger partial charge in [0.2, 0.25) is 0 Å². The highest BCUT2D eigenvalue weighted by atomic mass is 16.6. The average molecular weight is 215 g/mol. The van der Waals surface area contributed by atoms with Gasteiger partial charge < -0.3 is 10.5 Å². The molecule has 3 heteroatoms. The van der Waals surface area contributed by atoms with E-state index in [1.807, 2.05) is 0 Å². The molecule has 0 saturated carbocycles. The van der Waals surface area contributed by atoms with Gasteiger partial charge in [-0.3, -0.25) is 0 Å². The van der Waals surface area contributed by atoms with Gasteiger partial charge in [-0.15, -0.1) is 0 Å². The summed E-state index contributed by atoms with van der Waals surface area (Å²) in [6, 6.07) is 0.